The summed E-state index contributed by atoms with van der Waals surface area (Å²) in [7, 11) is 0. The van der Waals surface area contributed by atoms with Crippen LogP contribution in [0.4, 0.5) is 5.69 Å². The van der Waals surface area contributed by atoms with Gasteiger partial charge in [0.2, 0.25) is 5.91 Å². The lowest BCUT2D eigenvalue weighted by molar-refractivity contribution is -0.126. The van der Waals surface area contributed by atoms with Crippen molar-refractivity contribution in [3.63, 3.8) is 0 Å². The van der Waals surface area contributed by atoms with E-state index < -0.39 is 5.54 Å². The Labute approximate surface area is 113 Å². The van der Waals surface area contributed by atoms with Gasteiger partial charge in [-0.2, -0.15) is 0 Å². The van der Waals surface area contributed by atoms with Crippen molar-refractivity contribution in [1.82, 2.24) is 5.32 Å². The standard InChI is InChI=1S/C15H20N2O2/c1-4-13(18)11-5-7-12(8-6-11)17-10-9-16-14(19)15(17,2)3/h5-8H,4,9-10H2,1-3H3,(H,16,19). The summed E-state index contributed by atoms with van der Waals surface area (Å²) in [6, 6.07) is 7.51. The minimum Gasteiger partial charge on any atom is -0.356 e. The van der Waals surface area contributed by atoms with Crippen LogP contribution in [-0.4, -0.2) is 30.3 Å². The van der Waals surface area contributed by atoms with E-state index in [0.717, 1.165) is 17.8 Å². The number of amides is 1. The Balaban J connectivity index is 2.26. The van der Waals surface area contributed by atoms with Crippen LogP contribution in [0, 0.1) is 0 Å². The number of ketones is 1. The Morgan fingerprint density at radius 3 is 2.53 bits per heavy atom. The molecule has 0 aromatic heterocycles. The Kier molecular flexibility index (Phi) is 3.60. The van der Waals surface area contributed by atoms with Gasteiger partial charge in [-0.25, -0.2) is 0 Å². The molecule has 0 unspecified atom stereocenters. The molecule has 19 heavy (non-hydrogen) atoms. The molecule has 1 amide bonds. The van der Waals surface area contributed by atoms with Crippen LogP contribution in [0.5, 0.6) is 0 Å². The van der Waals surface area contributed by atoms with E-state index in [2.05, 4.69) is 10.2 Å². The average molecular weight is 260 g/mol. The largest absolute Gasteiger partial charge is 0.356 e. The molecule has 1 N–H and O–H groups in total. The number of nitrogens with one attached hydrogen (secondary N) is 1. The number of Topliss-reactive ketones (excluding diaryl/α,β-unsaturated/α-hetero) is 1. The van der Waals surface area contributed by atoms with Gasteiger partial charge in [0.25, 0.3) is 0 Å². The molecule has 0 bridgehead atoms. The van der Waals surface area contributed by atoms with Gasteiger partial charge in [-0.1, -0.05) is 6.92 Å². The fourth-order valence-electron chi connectivity index (χ4n) is 2.38. The number of hydrogen-bond donors (Lipinski definition) is 1. The van der Waals surface area contributed by atoms with Crippen molar-refractivity contribution < 1.29 is 9.59 Å². The number of benzene rings is 1. The fraction of sp³-hybridized carbons (Fsp3) is 0.467. The smallest absolute Gasteiger partial charge is 0.245 e. The molecule has 2 rings (SSSR count). The van der Waals surface area contributed by atoms with Gasteiger partial charge in [-0.15, -0.1) is 0 Å². The summed E-state index contributed by atoms with van der Waals surface area (Å²) in [4.78, 5) is 25.6. The van der Waals surface area contributed by atoms with Crippen molar-refractivity contribution in [2.45, 2.75) is 32.7 Å². The zero-order chi connectivity index (χ0) is 14.0. The highest BCUT2D eigenvalue weighted by atomic mass is 16.2. The average Bonchev–Trinajstić information content (AvgIpc) is 2.41. The third kappa shape index (κ3) is 2.48. The normalized spacial score (nSPS) is 18.1. The summed E-state index contributed by atoms with van der Waals surface area (Å²) in [6.45, 7) is 7.10. The van der Waals surface area contributed by atoms with Gasteiger partial charge in [-0.05, 0) is 38.1 Å². The Morgan fingerprint density at radius 1 is 1.32 bits per heavy atom. The molecule has 0 spiro atoms. The number of hydrogen-bond acceptors (Lipinski definition) is 3. The van der Waals surface area contributed by atoms with Gasteiger partial charge in [0, 0.05) is 30.8 Å². The Bertz CT molecular complexity index is 491. The van der Waals surface area contributed by atoms with Crippen LogP contribution in [0.3, 0.4) is 0 Å². The first kappa shape index (κ1) is 13.6. The molecular formula is C15H20N2O2. The second kappa shape index (κ2) is 5.03. The molecule has 0 atom stereocenters. The third-order valence-corrected chi connectivity index (χ3v) is 3.67. The maximum atomic E-state index is 11.9. The summed E-state index contributed by atoms with van der Waals surface area (Å²) in [5, 5.41) is 2.88. The van der Waals surface area contributed by atoms with E-state index in [0.29, 0.717) is 13.0 Å². The molecule has 4 nitrogen and oxygen atoms in total. The molecule has 1 aliphatic heterocycles. The van der Waals surface area contributed by atoms with Crippen molar-refractivity contribution in [3.8, 4) is 0 Å². The molecule has 0 radical (unpaired) electrons. The SMILES string of the molecule is CCC(=O)c1ccc(N2CCNC(=O)C2(C)C)cc1. The number of piperazine rings is 1. The fourth-order valence-corrected chi connectivity index (χ4v) is 2.38. The number of carbonyl (C=O) groups excluding carboxylic acids is 2. The van der Waals surface area contributed by atoms with Crippen molar-refractivity contribution in [3.05, 3.63) is 29.8 Å². The van der Waals surface area contributed by atoms with Crippen molar-refractivity contribution in [2.75, 3.05) is 18.0 Å². The van der Waals surface area contributed by atoms with Crippen LogP contribution in [0.2, 0.25) is 0 Å². The number of rotatable bonds is 3. The van der Waals surface area contributed by atoms with Gasteiger partial charge in [-0.3, -0.25) is 9.59 Å². The minimum absolute atomic E-state index is 0.0347. The minimum atomic E-state index is -0.561. The summed E-state index contributed by atoms with van der Waals surface area (Å²) in [5.74, 6) is 0.176. The van der Waals surface area contributed by atoms with E-state index in [1.807, 2.05) is 45.0 Å². The van der Waals surface area contributed by atoms with Crippen LogP contribution >= 0.6 is 0 Å². The number of carbonyl (C=O) groups is 2. The lowest BCUT2D eigenvalue weighted by Gasteiger charge is -2.42. The number of nitrogens with zero attached hydrogens (tertiary/aromatic N) is 1. The number of anilines is 1. The predicted octanol–water partition coefficient (Wildman–Crippen LogP) is 1.99. The molecule has 1 fully saturated rings. The molecule has 1 aromatic rings. The molecule has 102 valence electrons. The van der Waals surface area contributed by atoms with E-state index in [1.54, 1.807) is 0 Å². The van der Waals surface area contributed by atoms with E-state index in [-0.39, 0.29) is 11.7 Å². The first-order valence-corrected chi connectivity index (χ1v) is 6.66. The summed E-state index contributed by atoms with van der Waals surface area (Å²) in [6.07, 6.45) is 0.511. The summed E-state index contributed by atoms with van der Waals surface area (Å²) < 4.78 is 0. The second-order valence-electron chi connectivity index (χ2n) is 5.29. The highest BCUT2D eigenvalue weighted by molar-refractivity contribution is 5.96. The van der Waals surface area contributed by atoms with Crippen molar-refractivity contribution in [1.29, 1.82) is 0 Å². The van der Waals surface area contributed by atoms with Crippen LogP contribution in [0.25, 0.3) is 0 Å². The maximum absolute atomic E-state index is 11.9. The van der Waals surface area contributed by atoms with Gasteiger partial charge in [0.1, 0.15) is 5.54 Å². The predicted molar refractivity (Wildman–Crippen MR) is 75.5 cm³/mol. The van der Waals surface area contributed by atoms with Gasteiger partial charge in [0.15, 0.2) is 5.78 Å². The Morgan fingerprint density at radius 2 is 1.95 bits per heavy atom. The zero-order valence-corrected chi connectivity index (χ0v) is 11.7. The second-order valence-corrected chi connectivity index (χ2v) is 5.29. The molecule has 1 aromatic carbocycles. The highest BCUT2D eigenvalue weighted by Gasteiger charge is 2.37. The molecule has 1 heterocycles. The summed E-state index contributed by atoms with van der Waals surface area (Å²) in [5.41, 5.74) is 1.15. The zero-order valence-electron chi connectivity index (χ0n) is 11.7. The van der Waals surface area contributed by atoms with Gasteiger partial charge < -0.3 is 10.2 Å². The topological polar surface area (TPSA) is 49.4 Å². The first-order valence-electron chi connectivity index (χ1n) is 6.66. The van der Waals surface area contributed by atoms with Crippen molar-refractivity contribution >= 4 is 17.4 Å². The molecule has 1 aliphatic rings. The molecule has 4 heteroatoms. The van der Waals surface area contributed by atoms with E-state index in [4.69, 9.17) is 0 Å². The molecule has 0 saturated carbocycles. The lowest BCUT2D eigenvalue weighted by Crippen LogP contribution is -2.62. The van der Waals surface area contributed by atoms with Gasteiger partial charge >= 0.3 is 0 Å². The van der Waals surface area contributed by atoms with Crippen LogP contribution in [0.15, 0.2) is 24.3 Å². The molecule has 0 aliphatic carbocycles. The van der Waals surface area contributed by atoms with E-state index in [9.17, 15) is 9.59 Å². The summed E-state index contributed by atoms with van der Waals surface area (Å²) >= 11 is 0. The third-order valence-electron chi connectivity index (χ3n) is 3.67. The van der Waals surface area contributed by atoms with Crippen LogP contribution in [-0.2, 0) is 4.79 Å². The van der Waals surface area contributed by atoms with Crippen LogP contribution in [0.1, 0.15) is 37.6 Å². The highest BCUT2D eigenvalue weighted by Crippen LogP contribution is 2.26. The first-order chi connectivity index (χ1) is 8.96. The molecular weight excluding hydrogens is 240 g/mol. The lowest BCUT2D eigenvalue weighted by atomic mass is 9.97. The Hall–Kier alpha value is -1.84. The van der Waals surface area contributed by atoms with Crippen molar-refractivity contribution in [2.24, 2.45) is 0 Å². The van der Waals surface area contributed by atoms with Gasteiger partial charge in [0.05, 0.1) is 0 Å². The quantitative estimate of drug-likeness (QED) is 0.846. The van der Waals surface area contributed by atoms with E-state index >= 15 is 0 Å². The monoisotopic (exact) mass is 260 g/mol. The molecule has 1 saturated heterocycles. The van der Waals surface area contributed by atoms with E-state index in [1.165, 1.54) is 0 Å². The maximum Gasteiger partial charge on any atom is 0.245 e. The van der Waals surface area contributed by atoms with Crippen LogP contribution < -0.4 is 10.2 Å².